The van der Waals surface area contributed by atoms with Crippen molar-refractivity contribution in [3.8, 4) is 0 Å². The zero-order valence-electron chi connectivity index (χ0n) is 23.2. The molecule has 2 saturated carbocycles. The highest BCUT2D eigenvalue weighted by molar-refractivity contribution is 6.03. The van der Waals surface area contributed by atoms with Gasteiger partial charge in [-0.05, 0) is 63.4 Å². The Hall–Kier alpha value is -3.54. The highest BCUT2D eigenvalue weighted by Crippen LogP contribution is 2.37. The SMILES string of the molecule is CN=CC=C(N)C(C)(O)c1nc2nc(C(=N)NC(=O)O)nc(N[C@H](C)C3CCC3)c2n1CC1CCC(C)CC1. The molecule has 12 nitrogen and oxygen atoms in total. The second-order valence-corrected chi connectivity index (χ2v) is 11.3. The van der Waals surface area contributed by atoms with Crippen LogP contribution in [0.5, 0.6) is 0 Å². The van der Waals surface area contributed by atoms with Crippen molar-refractivity contribution in [3.05, 3.63) is 23.4 Å². The molecule has 0 saturated heterocycles. The van der Waals surface area contributed by atoms with Crippen molar-refractivity contribution in [3.63, 3.8) is 0 Å². The van der Waals surface area contributed by atoms with Gasteiger partial charge in [0.1, 0.15) is 11.3 Å². The highest BCUT2D eigenvalue weighted by Gasteiger charge is 2.36. The number of amides is 1. The minimum atomic E-state index is -1.65. The van der Waals surface area contributed by atoms with Crippen LogP contribution >= 0.6 is 0 Å². The Labute approximate surface area is 228 Å². The smallest absolute Gasteiger partial charge is 0.410 e. The van der Waals surface area contributed by atoms with Crippen molar-refractivity contribution in [2.75, 3.05) is 12.4 Å². The van der Waals surface area contributed by atoms with Crippen LogP contribution in [0, 0.1) is 23.2 Å². The van der Waals surface area contributed by atoms with Crippen molar-refractivity contribution in [1.82, 2.24) is 24.8 Å². The molecule has 12 heteroatoms. The lowest BCUT2D eigenvalue weighted by Gasteiger charge is -2.33. The lowest BCUT2D eigenvalue weighted by atomic mass is 9.80. The number of aliphatic imine (C=N–C) groups is 1. The quantitative estimate of drug-likeness (QED) is 0.206. The van der Waals surface area contributed by atoms with Gasteiger partial charge in [-0.3, -0.25) is 15.7 Å². The number of aromatic nitrogens is 4. The number of aliphatic hydroxyl groups is 1. The van der Waals surface area contributed by atoms with Gasteiger partial charge in [0.05, 0.1) is 0 Å². The van der Waals surface area contributed by atoms with Crippen LogP contribution in [0.25, 0.3) is 11.2 Å². The van der Waals surface area contributed by atoms with E-state index in [2.05, 4.69) is 34.1 Å². The Kier molecular flexibility index (Phi) is 8.53. The van der Waals surface area contributed by atoms with Crippen molar-refractivity contribution in [1.29, 1.82) is 5.41 Å². The van der Waals surface area contributed by atoms with Crippen molar-refractivity contribution in [2.45, 2.75) is 83.9 Å². The second-order valence-electron chi connectivity index (χ2n) is 11.3. The maximum Gasteiger partial charge on any atom is 0.410 e. The minimum Gasteiger partial charge on any atom is -0.465 e. The molecule has 2 heterocycles. The van der Waals surface area contributed by atoms with Crippen LogP contribution in [-0.4, -0.2) is 61.0 Å². The average molecular weight is 540 g/mol. The van der Waals surface area contributed by atoms with Gasteiger partial charge in [0.2, 0.25) is 0 Å². The van der Waals surface area contributed by atoms with Crippen LogP contribution < -0.4 is 16.4 Å². The summed E-state index contributed by atoms with van der Waals surface area (Å²) in [7, 11) is 1.62. The van der Waals surface area contributed by atoms with E-state index in [1.165, 1.54) is 12.6 Å². The van der Waals surface area contributed by atoms with E-state index in [4.69, 9.17) is 21.2 Å². The number of amidine groups is 1. The number of anilines is 1. The van der Waals surface area contributed by atoms with E-state index in [9.17, 15) is 9.90 Å². The first-order valence-corrected chi connectivity index (χ1v) is 13.8. The minimum absolute atomic E-state index is 0.0971. The third-order valence-corrected chi connectivity index (χ3v) is 8.26. The molecule has 2 aromatic rings. The van der Waals surface area contributed by atoms with E-state index in [0.717, 1.165) is 38.5 Å². The molecule has 2 aliphatic rings. The number of rotatable bonds is 9. The van der Waals surface area contributed by atoms with Gasteiger partial charge < -0.3 is 25.8 Å². The zero-order valence-corrected chi connectivity index (χ0v) is 23.2. The summed E-state index contributed by atoms with van der Waals surface area (Å²) in [6.07, 6.45) is 9.51. The number of nitrogens with two attached hydrogens (primary N) is 1. The number of nitrogens with one attached hydrogen (secondary N) is 3. The number of hydrogen-bond donors (Lipinski definition) is 6. The maximum atomic E-state index is 11.7. The molecule has 1 amide bonds. The summed E-state index contributed by atoms with van der Waals surface area (Å²) in [5, 5.41) is 34.6. The van der Waals surface area contributed by atoms with E-state index >= 15 is 0 Å². The lowest BCUT2D eigenvalue weighted by Crippen LogP contribution is -2.34. The van der Waals surface area contributed by atoms with Gasteiger partial charge in [0, 0.05) is 31.5 Å². The molecule has 2 atom stereocenters. The number of carboxylic acid groups (broad SMARTS) is 1. The van der Waals surface area contributed by atoms with Crippen LogP contribution in [0.15, 0.2) is 16.8 Å². The fourth-order valence-electron chi connectivity index (χ4n) is 5.45. The summed E-state index contributed by atoms with van der Waals surface area (Å²) in [6.45, 7) is 6.57. The molecular weight excluding hydrogens is 498 g/mol. The summed E-state index contributed by atoms with van der Waals surface area (Å²) in [4.78, 5) is 29.0. The Morgan fingerprint density at radius 2 is 1.95 bits per heavy atom. The first kappa shape index (κ1) is 28.5. The van der Waals surface area contributed by atoms with Crippen LogP contribution in [0.2, 0.25) is 0 Å². The van der Waals surface area contributed by atoms with Crippen LogP contribution in [-0.2, 0) is 12.1 Å². The van der Waals surface area contributed by atoms with Crippen molar-refractivity contribution >= 4 is 35.1 Å². The predicted octanol–water partition coefficient (Wildman–Crippen LogP) is 3.60. The van der Waals surface area contributed by atoms with Gasteiger partial charge in [-0.15, -0.1) is 0 Å². The molecule has 4 rings (SSSR count). The molecule has 2 aromatic heterocycles. The van der Waals surface area contributed by atoms with Crippen LogP contribution in [0.3, 0.4) is 0 Å². The Morgan fingerprint density at radius 3 is 2.54 bits per heavy atom. The van der Waals surface area contributed by atoms with E-state index in [1.807, 2.05) is 9.88 Å². The standard InChI is InChI=1S/C27H41N9O3/c1-15-8-10-17(11-9-15)14-36-20-22(31-16(2)18-6-5-7-18)33-24(21(29)32-26(37)38)34-23(20)35-25(36)27(3,39)19(28)12-13-30-4/h12-13,15-18,39H,5-11,14,28H2,1-4H3,(H2,29,32)(H,37,38)(H,31,33,34)/t15?,16-,17?,27?/m1/s1. The van der Waals surface area contributed by atoms with E-state index < -0.39 is 17.5 Å². The fourth-order valence-corrected chi connectivity index (χ4v) is 5.45. The Bertz CT molecular complexity index is 1270. The third-order valence-electron chi connectivity index (χ3n) is 8.26. The number of hydrogen-bond acceptors (Lipinski definition) is 9. The van der Waals surface area contributed by atoms with Gasteiger partial charge >= 0.3 is 6.09 Å². The molecule has 0 spiro atoms. The fraction of sp³-hybridized carbons (Fsp3) is 0.630. The first-order valence-electron chi connectivity index (χ1n) is 13.8. The molecule has 7 N–H and O–H groups in total. The number of fused-ring (bicyclic) bond motifs is 1. The maximum absolute atomic E-state index is 11.7. The monoisotopic (exact) mass is 539 g/mol. The molecular formula is C27H41N9O3. The lowest BCUT2D eigenvalue weighted by molar-refractivity contribution is 0.0806. The van der Waals surface area contributed by atoms with Crippen molar-refractivity contribution < 1.29 is 15.0 Å². The average Bonchev–Trinajstić information content (AvgIpc) is 3.21. The normalized spacial score (nSPS) is 22.8. The number of imidazole rings is 1. The summed E-state index contributed by atoms with van der Waals surface area (Å²) in [5.74, 6) is 1.78. The molecule has 1 unspecified atom stereocenters. The molecule has 0 bridgehead atoms. The van der Waals surface area contributed by atoms with E-state index in [1.54, 1.807) is 20.0 Å². The summed E-state index contributed by atoms with van der Waals surface area (Å²) in [5.41, 5.74) is 5.73. The van der Waals surface area contributed by atoms with Gasteiger partial charge in [-0.1, -0.05) is 26.2 Å². The van der Waals surface area contributed by atoms with Gasteiger partial charge in [-0.25, -0.2) is 19.7 Å². The molecule has 2 fully saturated rings. The number of carbonyl (C=O) groups is 1. The van der Waals surface area contributed by atoms with Crippen LogP contribution in [0.4, 0.5) is 10.6 Å². The summed E-state index contributed by atoms with van der Waals surface area (Å²) >= 11 is 0. The largest absolute Gasteiger partial charge is 0.465 e. The zero-order chi connectivity index (χ0) is 28.3. The topological polar surface area (TPSA) is 187 Å². The Morgan fingerprint density at radius 1 is 1.26 bits per heavy atom. The van der Waals surface area contributed by atoms with Gasteiger partial charge in [0.25, 0.3) is 0 Å². The van der Waals surface area contributed by atoms with Gasteiger partial charge in [0.15, 0.2) is 28.7 Å². The number of nitrogens with zero attached hydrogens (tertiary/aromatic N) is 5. The molecule has 39 heavy (non-hydrogen) atoms. The van der Waals surface area contributed by atoms with E-state index in [0.29, 0.717) is 41.5 Å². The predicted molar refractivity (Wildman–Crippen MR) is 151 cm³/mol. The molecule has 212 valence electrons. The van der Waals surface area contributed by atoms with E-state index in [-0.39, 0.29) is 23.2 Å². The van der Waals surface area contributed by atoms with Gasteiger partial charge in [-0.2, -0.15) is 0 Å². The summed E-state index contributed by atoms with van der Waals surface area (Å²) < 4.78 is 1.97. The molecule has 0 aliphatic heterocycles. The first-order chi connectivity index (χ1) is 18.5. The summed E-state index contributed by atoms with van der Waals surface area (Å²) in [6, 6.07) is 0.0971. The second kappa shape index (κ2) is 11.7. The Balaban J connectivity index is 1.89. The number of allylic oxidation sites excluding steroid dienone is 1. The highest BCUT2D eigenvalue weighted by atomic mass is 16.4. The molecule has 0 aromatic carbocycles. The van der Waals surface area contributed by atoms with Crippen molar-refractivity contribution in [2.24, 2.45) is 28.5 Å². The molecule has 2 aliphatic carbocycles. The third kappa shape index (κ3) is 6.21. The molecule has 0 radical (unpaired) electrons. The van der Waals surface area contributed by atoms with Crippen LogP contribution in [0.1, 0.15) is 77.4 Å².